The zero-order valence-corrected chi connectivity index (χ0v) is 13.6. The van der Waals surface area contributed by atoms with Gasteiger partial charge in [-0.1, -0.05) is 30.3 Å². The molecule has 1 fully saturated rings. The minimum absolute atomic E-state index is 0.0195. The van der Waals surface area contributed by atoms with Crippen molar-refractivity contribution in [3.63, 3.8) is 0 Å². The van der Waals surface area contributed by atoms with Gasteiger partial charge in [0.25, 0.3) is 5.91 Å². The molecule has 3 rings (SSSR count). The molecule has 1 heterocycles. The van der Waals surface area contributed by atoms with Crippen molar-refractivity contribution in [2.45, 2.75) is 19.4 Å². The topological polar surface area (TPSA) is 58.6 Å². The number of nitrogens with one attached hydrogen (secondary N) is 1. The van der Waals surface area contributed by atoms with Crippen molar-refractivity contribution in [3.05, 3.63) is 60.2 Å². The van der Waals surface area contributed by atoms with Gasteiger partial charge < -0.3 is 15.0 Å². The Kier molecular flexibility index (Phi) is 4.79. The maximum absolute atomic E-state index is 12.1. The summed E-state index contributed by atoms with van der Waals surface area (Å²) in [6.07, 6.45) is 0.311. The molecule has 1 unspecified atom stereocenters. The predicted octanol–water partition coefficient (Wildman–Crippen LogP) is 2.30. The van der Waals surface area contributed by atoms with Crippen LogP contribution < -0.4 is 15.0 Å². The van der Waals surface area contributed by atoms with Gasteiger partial charge in [-0.15, -0.1) is 0 Å². The summed E-state index contributed by atoms with van der Waals surface area (Å²) in [6, 6.07) is 16.8. The monoisotopic (exact) mass is 324 g/mol. The Morgan fingerprint density at radius 3 is 2.75 bits per heavy atom. The Labute approximate surface area is 141 Å². The van der Waals surface area contributed by atoms with Crippen LogP contribution in [0.25, 0.3) is 0 Å². The van der Waals surface area contributed by atoms with E-state index in [9.17, 15) is 9.59 Å². The number of anilines is 1. The van der Waals surface area contributed by atoms with Gasteiger partial charge in [0.2, 0.25) is 5.91 Å². The highest BCUT2D eigenvalue weighted by Gasteiger charge is 2.31. The Hall–Kier alpha value is -2.82. The molecule has 2 amide bonds. The van der Waals surface area contributed by atoms with Crippen molar-refractivity contribution < 1.29 is 14.3 Å². The highest BCUT2D eigenvalue weighted by atomic mass is 16.5. The SMILES string of the molecule is Cc1cccc(OCC(=O)NC2CC(=O)N(c3ccccc3)C2)c1. The minimum atomic E-state index is -0.218. The van der Waals surface area contributed by atoms with E-state index < -0.39 is 0 Å². The van der Waals surface area contributed by atoms with Crippen molar-refractivity contribution in [3.8, 4) is 5.75 Å². The zero-order chi connectivity index (χ0) is 16.9. The van der Waals surface area contributed by atoms with Crippen LogP contribution in [0.5, 0.6) is 5.75 Å². The zero-order valence-electron chi connectivity index (χ0n) is 13.6. The molecule has 1 aliphatic rings. The first-order chi connectivity index (χ1) is 11.6. The van der Waals surface area contributed by atoms with Crippen molar-refractivity contribution in [1.82, 2.24) is 5.32 Å². The third-order valence-electron chi connectivity index (χ3n) is 3.92. The second kappa shape index (κ2) is 7.17. The average molecular weight is 324 g/mol. The molecule has 24 heavy (non-hydrogen) atoms. The van der Waals surface area contributed by atoms with E-state index in [1.165, 1.54) is 0 Å². The second-order valence-corrected chi connectivity index (χ2v) is 5.91. The van der Waals surface area contributed by atoms with Gasteiger partial charge in [-0.25, -0.2) is 0 Å². The van der Waals surface area contributed by atoms with Crippen LogP contribution in [0, 0.1) is 6.92 Å². The number of aryl methyl sites for hydroxylation is 1. The summed E-state index contributed by atoms with van der Waals surface area (Å²) >= 11 is 0. The van der Waals surface area contributed by atoms with Crippen LogP contribution in [0.3, 0.4) is 0 Å². The number of benzene rings is 2. The first-order valence-electron chi connectivity index (χ1n) is 7.96. The van der Waals surface area contributed by atoms with Gasteiger partial charge in [-0.3, -0.25) is 9.59 Å². The van der Waals surface area contributed by atoms with E-state index in [1.54, 1.807) is 4.90 Å². The Balaban J connectivity index is 1.51. The maximum Gasteiger partial charge on any atom is 0.258 e. The van der Waals surface area contributed by atoms with Crippen LogP contribution in [-0.4, -0.2) is 31.0 Å². The van der Waals surface area contributed by atoms with Gasteiger partial charge in [0.05, 0.1) is 6.04 Å². The molecule has 0 aliphatic carbocycles. The molecule has 5 heteroatoms. The van der Waals surface area contributed by atoms with Gasteiger partial charge in [0.15, 0.2) is 6.61 Å². The van der Waals surface area contributed by atoms with E-state index in [0.29, 0.717) is 18.7 Å². The summed E-state index contributed by atoms with van der Waals surface area (Å²) in [6.45, 7) is 2.40. The molecule has 0 aromatic heterocycles. The standard InChI is InChI=1S/C19H20N2O3/c1-14-6-5-9-17(10-14)24-13-18(22)20-15-11-19(23)21(12-15)16-7-3-2-4-8-16/h2-10,15H,11-13H2,1H3,(H,20,22). The molecule has 1 aliphatic heterocycles. The summed E-state index contributed by atoms with van der Waals surface area (Å²) in [5, 5.41) is 2.87. The molecule has 0 bridgehead atoms. The fraction of sp³-hybridized carbons (Fsp3) is 0.263. The fourth-order valence-corrected chi connectivity index (χ4v) is 2.79. The number of rotatable bonds is 5. The second-order valence-electron chi connectivity index (χ2n) is 5.91. The van der Waals surface area contributed by atoms with E-state index in [-0.39, 0.29) is 24.5 Å². The fourth-order valence-electron chi connectivity index (χ4n) is 2.79. The lowest BCUT2D eigenvalue weighted by molar-refractivity contribution is -0.123. The first-order valence-corrected chi connectivity index (χ1v) is 7.96. The van der Waals surface area contributed by atoms with Crippen LogP contribution >= 0.6 is 0 Å². The van der Waals surface area contributed by atoms with E-state index in [4.69, 9.17) is 4.74 Å². The third-order valence-corrected chi connectivity index (χ3v) is 3.92. The number of hydrogen-bond donors (Lipinski definition) is 1. The third kappa shape index (κ3) is 3.93. The van der Waals surface area contributed by atoms with Crippen LogP contribution in [0.4, 0.5) is 5.69 Å². The van der Waals surface area contributed by atoms with E-state index >= 15 is 0 Å². The number of ether oxygens (including phenoxy) is 1. The number of carbonyl (C=O) groups is 2. The van der Waals surface area contributed by atoms with Gasteiger partial charge in [-0.05, 0) is 36.8 Å². The molecular weight excluding hydrogens is 304 g/mol. The molecule has 1 saturated heterocycles. The number of amides is 2. The number of hydrogen-bond acceptors (Lipinski definition) is 3. The largest absolute Gasteiger partial charge is 0.484 e. The average Bonchev–Trinajstić information content (AvgIpc) is 2.94. The summed E-state index contributed by atoms with van der Waals surface area (Å²) in [4.78, 5) is 25.9. The summed E-state index contributed by atoms with van der Waals surface area (Å²) in [5.41, 5.74) is 1.93. The first kappa shape index (κ1) is 16.1. The van der Waals surface area contributed by atoms with Crippen LogP contribution in [0.1, 0.15) is 12.0 Å². The highest BCUT2D eigenvalue weighted by molar-refractivity contribution is 5.96. The summed E-state index contributed by atoms with van der Waals surface area (Å²) in [7, 11) is 0. The van der Waals surface area contributed by atoms with Gasteiger partial charge >= 0.3 is 0 Å². The van der Waals surface area contributed by atoms with Crippen molar-refractivity contribution >= 4 is 17.5 Å². The normalized spacial score (nSPS) is 17.0. The van der Waals surface area contributed by atoms with Crippen molar-refractivity contribution in [1.29, 1.82) is 0 Å². The number of carbonyl (C=O) groups excluding carboxylic acids is 2. The molecule has 124 valence electrons. The van der Waals surface area contributed by atoms with Gasteiger partial charge in [0, 0.05) is 18.7 Å². The van der Waals surface area contributed by atoms with E-state index in [0.717, 1.165) is 11.3 Å². The quantitative estimate of drug-likeness (QED) is 0.918. The number of nitrogens with zero attached hydrogens (tertiary/aromatic N) is 1. The minimum Gasteiger partial charge on any atom is -0.484 e. The number of para-hydroxylation sites is 1. The molecule has 5 nitrogen and oxygen atoms in total. The molecule has 0 saturated carbocycles. The van der Waals surface area contributed by atoms with Crippen LogP contribution in [0.15, 0.2) is 54.6 Å². The molecule has 1 N–H and O–H groups in total. The van der Waals surface area contributed by atoms with Gasteiger partial charge in [-0.2, -0.15) is 0 Å². The lowest BCUT2D eigenvalue weighted by Gasteiger charge is -2.17. The lowest BCUT2D eigenvalue weighted by Crippen LogP contribution is -2.39. The molecule has 1 atom stereocenters. The maximum atomic E-state index is 12.1. The molecule has 0 radical (unpaired) electrons. The van der Waals surface area contributed by atoms with Crippen LogP contribution in [0.2, 0.25) is 0 Å². The molecule has 2 aromatic carbocycles. The highest BCUT2D eigenvalue weighted by Crippen LogP contribution is 2.21. The van der Waals surface area contributed by atoms with Crippen molar-refractivity contribution in [2.24, 2.45) is 0 Å². The van der Waals surface area contributed by atoms with Gasteiger partial charge in [0.1, 0.15) is 5.75 Å². The Bertz CT molecular complexity index is 730. The Morgan fingerprint density at radius 2 is 2.00 bits per heavy atom. The molecular formula is C19H20N2O3. The summed E-state index contributed by atoms with van der Waals surface area (Å²) in [5.74, 6) is 0.467. The predicted molar refractivity (Wildman–Crippen MR) is 92.0 cm³/mol. The van der Waals surface area contributed by atoms with Crippen molar-refractivity contribution in [2.75, 3.05) is 18.1 Å². The molecule has 2 aromatic rings. The van der Waals surface area contributed by atoms with E-state index in [1.807, 2.05) is 61.5 Å². The Morgan fingerprint density at radius 1 is 1.21 bits per heavy atom. The molecule has 0 spiro atoms. The summed E-state index contributed by atoms with van der Waals surface area (Å²) < 4.78 is 5.49. The van der Waals surface area contributed by atoms with Crippen LogP contribution in [-0.2, 0) is 9.59 Å². The van der Waals surface area contributed by atoms with E-state index in [2.05, 4.69) is 5.32 Å². The lowest BCUT2D eigenvalue weighted by atomic mass is 10.2. The smallest absolute Gasteiger partial charge is 0.258 e.